The molecule has 1 heterocycles. The molecule has 0 aliphatic heterocycles. The van der Waals surface area contributed by atoms with E-state index in [9.17, 15) is 4.79 Å². The third kappa shape index (κ3) is 3.00. The minimum absolute atomic E-state index is 0.0976. The lowest BCUT2D eigenvalue weighted by atomic mass is 10.1. The molecule has 100 valence electrons. The molecular weight excluding hydrogens is 264 g/mol. The number of nitrogens with one attached hydrogen (secondary N) is 1. The molecule has 0 unspecified atom stereocenters. The molecule has 0 saturated heterocycles. The van der Waals surface area contributed by atoms with Crippen molar-refractivity contribution in [2.24, 2.45) is 0 Å². The Balaban J connectivity index is 2.24. The van der Waals surface area contributed by atoms with Crippen LogP contribution in [-0.4, -0.2) is 21.5 Å². The first-order valence-corrected chi connectivity index (χ1v) is 6.20. The van der Waals surface area contributed by atoms with Gasteiger partial charge in [-0.2, -0.15) is 9.77 Å². The molecule has 6 nitrogen and oxygen atoms in total. The molecule has 0 amide bonds. The van der Waals surface area contributed by atoms with Gasteiger partial charge in [0.1, 0.15) is 11.4 Å². The quantitative estimate of drug-likeness (QED) is 0.644. The van der Waals surface area contributed by atoms with Gasteiger partial charge in [-0.3, -0.25) is 9.89 Å². The van der Waals surface area contributed by atoms with Crippen LogP contribution in [0.1, 0.15) is 18.2 Å². The molecule has 0 radical (unpaired) electrons. The maximum atomic E-state index is 11.8. The number of nitrogens with two attached hydrogens (primary N) is 1. The van der Waals surface area contributed by atoms with Crippen LogP contribution < -0.4 is 16.1 Å². The Hall–Kier alpha value is -2.15. The summed E-state index contributed by atoms with van der Waals surface area (Å²) in [4.78, 5) is 11.8. The predicted octanol–water partition coefficient (Wildman–Crippen LogP) is 1.00. The van der Waals surface area contributed by atoms with Gasteiger partial charge >= 0.3 is 0 Å². The Morgan fingerprint density at radius 1 is 1.42 bits per heavy atom. The van der Waals surface area contributed by atoms with E-state index in [0.29, 0.717) is 18.7 Å². The number of aromatic amines is 1. The lowest BCUT2D eigenvalue weighted by molar-refractivity contribution is 0.340. The number of ether oxygens (including phenoxy) is 1. The molecule has 7 heteroatoms. The highest BCUT2D eigenvalue weighted by Crippen LogP contribution is 2.13. The fraction of sp³-hybridized carbons (Fsp3) is 0.250. The Morgan fingerprint density at radius 3 is 2.74 bits per heavy atom. The van der Waals surface area contributed by atoms with Gasteiger partial charge in [0.15, 0.2) is 0 Å². The average molecular weight is 278 g/mol. The van der Waals surface area contributed by atoms with Crippen LogP contribution in [0.15, 0.2) is 29.1 Å². The van der Waals surface area contributed by atoms with Gasteiger partial charge in [-0.05, 0) is 36.8 Å². The van der Waals surface area contributed by atoms with E-state index < -0.39 is 5.56 Å². The molecule has 19 heavy (non-hydrogen) atoms. The first-order valence-electron chi connectivity index (χ1n) is 5.79. The summed E-state index contributed by atoms with van der Waals surface area (Å²) < 4.78 is 6.33. The number of nitrogens with zero attached hydrogens (tertiary/aromatic N) is 2. The molecule has 0 saturated carbocycles. The molecule has 2 rings (SSSR count). The van der Waals surface area contributed by atoms with E-state index >= 15 is 0 Å². The van der Waals surface area contributed by atoms with Crippen LogP contribution in [0.5, 0.6) is 5.75 Å². The first kappa shape index (κ1) is 13.3. The van der Waals surface area contributed by atoms with Crippen molar-refractivity contribution in [2.45, 2.75) is 13.3 Å². The second-order valence-corrected chi connectivity index (χ2v) is 4.29. The van der Waals surface area contributed by atoms with Gasteiger partial charge < -0.3 is 10.6 Å². The number of aromatic nitrogens is 3. The summed E-state index contributed by atoms with van der Waals surface area (Å²) in [6.07, 6.45) is 0.383. The van der Waals surface area contributed by atoms with Crippen molar-refractivity contribution in [3.8, 4) is 5.75 Å². The second kappa shape index (κ2) is 5.66. The number of benzene rings is 1. The third-order valence-corrected chi connectivity index (χ3v) is 2.86. The standard InChI is InChI=1S/C12H14N4O2S/c1-2-18-9-5-3-8(4-6-9)7-10-11(17)16(13)12(19)15-14-10/h3-6H,2,7,13H2,1H3,(H,15,19). The van der Waals surface area contributed by atoms with Crippen LogP contribution in [0.25, 0.3) is 0 Å². The summed E-state index contributed by atoms with van der Waals surface area (Å²) in [5, 5.41) is 6.46. The Labute approximate surface area is 114 Å². The zero-order chi connectivity index (χ0) is 13.8. The van der Waals surface area contributed by atoms with Crippen molar-refractivity contribution >= 4 is 12.2 Å². The smallest absolute Gasteiger partial charge is 0.295 e. The summed E-state index contributed by atoms with van der Waals surface area (Å²) in [6, 6.07) is 7.47. The summed E-state index contributed by atoms with van der Waals surface area (Å²) in [5.41, 5.74) is 0.872. The lowest BCUT2D eigenvalue weighted by Crippen LogP contribution is -2.32. The van der Waals surface area contributed by atoms with E-state index in [4.69, 9.17) is 22.8 Å². The zero-order valence-electron chi connectivity index (χ0n) is 10.4. The molecule has 0 spiro atoms. The normalized spacial score (nSPS) is 10.4. The summed E-state index contributed by atoms with van der Waals surface area (Å²) in [6.45, 7) is 2.54. The van der Waals surface area contributed by atoms with Gasteiger partial charge in [-0.15, -0.1) is 0 Å². The molecule has 0 fully saturated rings. The van der Waals surface area contributed by atoms with Crippen LogP contribution in [0, 0.1) is 4.77 Å². The molecule has 0 aliphatic carbocycles. The highest BCUT2D eigenvalue weighted by atomic mass is 32.1. The second-order valence-electron chi connectivity index (χ2n) is 3.90. The van der Waals surface area contributed by atoms with Crippen molar-refractivity contribution in [1.29, 1.82) is 0 Å². The van der Waals surface area contributed by atoms with Crippen LogP contribution >= 0.6 is 12.2 Å². The topological polar surface area (TPSA) is 85.9 Å². The first-order chi connectivity index (χ1) is 9.11. The maximum Gasteiger partial charge on any atom is 0.295 e. The van der Waals surface area contributed by atoms with Crippen LogP contribution in [0.3, 0.4) is 0 Å². The number of H-pyrrole nitrogens is 1. The summed E-state index contributed by atoms with van der Waals surface area (Å²) >= 11 is 4.81. The molecule has 1 aromatic carbocycles. The van der Waals surface area contributed by atoms with Crippen LogP contribution in [0.2, 0.25) is 0 Å². The van der Waals surface area contributed by atoms with E-state index in [1.807, 2.05) is 31.2 Å². The number of nitrogen functional groups attached to an aromatic ring is 1. The Bertz CT molecular complexity index is 675. The van der Waals surface area contributed by atoms with Crippen molar-refractivity contribution in [1.82, 2.24) is 14.9 Å². The predicted molar refractivity (Wildman–Crippen MR) is 74.2 cm³/mol. The Kier molecular flexibility index (Phi) is 3.96. The SMILES string of the molecule is CCOc1ccc(Cc2n[nH]c(=S)n(N)c2=O)cc1. The minimum atomic E-state index is -0.391. The van der Waals surface area contributed by atoms with Gasteiger partial charge in [0.05, 0.1) is 6.61 Å². The summed E-state index contributed by atoms with van der Waals surface area (Å²) in [5.74, 6) is 6.30. The molecule has 3 N–H and O–H groups in total. The fourth-order valence-corrected chi connectivity index (χ4v) is 1.76. The number of hydrogen-bond acceptors (Lipinski definition) is 5. The molecule has 1 aromatic heterocycles. The van der Waals surface area contributed by atoms with Gasteiger partial charge in [-0.1, -0.05) is 12.1 Å². The van der Waals surface area contributed by atoms with Crippen molar-refractivity contribution < 1.29 is 4.74 Å². The van der Waals surface area contributed by atoms with Gasteiger partial charge in [0, 0.05) is 6.42 Å². The van der Waals surface area contributed by atoms with E-state index in [2.05, 4.69) is 10.2 Å². The largest absolute Gasteiger partial charge is 0.494 e. The number of rotatable bonds is 4. The van der Waals surface area contributed by atoms with Crippen LogP contribution in [-0.2, 0) is 6.42 Å². The Morgan fingerprint density at radius 2 is 2.11 bits per heavy atom. The summed E-state index contributed by atoms with van der Waals surface area (Å²) in [7, 11) is 0. The highest BCUT2D eigenvalue weighted by Gasteiger charge is 2.06. The monoisotopic (exact) mass is 278 g/mol. The average Bonchev–Trinajstić information content (AvgIpc) is 2.42. The molecule has 0 aliphatic rings. The molecular formula is C12H14N4O2S. The van der Waals surface area contributed by atoms with Gasteiger partial charge in [0.25, 0.3) is 5.56 Å². The zero-order valence-corrected chi connectivity index (χ0v) is 11.2. The molecule has 2 aromatic rings. The van der Waals surface area contributed by atoms with Crippen molar-refractivity contribution in [3.05, 3.63) is 50.6 Å². The van der Waals surface area contributed by atoms with Gasteiger partial charge in [0.2, 0.25) is 4.77 Å². The highest BCUT2D eigenvalue weighted by molar-refractivity contribution is 7.71. The van der Waals surface area contributed by atoms with Crippen molar-refractivity contribution in [2.75, 3.05) is 12.4 Å². The van der Waals surface area contributed by atoms with E-state index in [0.717, 1.165) is 16.0 Å². The van der Waals surface area contributed by atoms with Gasteiger partial charge in [-0.25, -0.2) is 0 Å². The molecule has 0 atom stereocenters. The van der Waals surface area contributed by atoms with Crippen molar-refractivity contribution in [3.63, 3.8) is 0 Å². The lowest BCUT2D eigenvalue weighted by Gasteiger charge is -2.05. The van der Waals surface area contributed by atoms with E-state index in [1.54, 1.807) is 0 Å². The fourth-order valence-electron chi connectivity index (χ4n) is 1.63. The van der Waals surface area contributed by atoms with E-state index in [-0.39, 0.29) is 4.77 Å². The number of hydrogen-bond donors (Lipinski definition) is 2. The molecule has 0 bridgehead atoms. The van der Waals surface area contributed by atoms with Crippen LogP contribution in [0.4, 0.5) is 0 Å². The van der Waals surface area contributed by atoms with E-state index in [1.165, 1.54) is 0 Å². The maximum absolute atomic E-state index is 11.8. The minimum Gasteiger partial charge on any atom is -0.494 e. The third-order valence-electron chi connectivity index (χ3n) is 2.58.